The van der Waals surface area contributed by atoms with E-state index in [-0.39, 0.29) is 5.91 Å². The molecule has 0 aliphatic heterocycles. The zero-order valence-electron chi connectivity index (χ0n) is 12.9. The molecule has 0 saturated carbocycles. The summed E-state index contributed by atoms with van der Waals surface area (Å²) in [6.45, 7) is 1.98. The number of benzene rings is 3. The third-order valence-corrected chi connectivity index (χ3v) is 4.62. The van der Waals surface area contributed by atoms with Crippen LogP contribution in [0, 0.1) is 6.92 Å². The summed E-state index contributed by atoms with van der Waals surface area (Å²) >= 11 is 3.46. The van der Waals surface area contributed by atoms with Crippen molar-refractivity contribution >= 4 is 38.3 Å². The smallest absolute Gasteiger partial charge is 0.259 e. The molecule has 0 aliphatic rings. The van der Waals surface area contributed by atoms with Gasteiger partial charge >= 0.3 is 0 Å². The quantitative estimate of drug-likeness (QED) is 0.691. The van der Waals surface area contributed by atoms with E-state index in [4.69, 9.17) is 4.74 Å². The van der Waals surface area contributed by atoms with Crippen LogP contribution < -0.4 is 10.1 Å². The number of nitrogens with one attached hydrogen (secondary N) is 1. The fraction of sp³-hybridized carbons (Fsp3) is 0.105. The molecule has 1 amide bonds. The van der Waals surface area contributed by atoms with Crippen molar-refractivity contribution in [3.8, 4) is 5.75 Å². The van der Waals surface area contributed by atoms with Crippen LogP contribution >= 0.6 is 15.9 Å². The van der Waals surface area contributed by atoms with Crippen molar-refractivity contribution in [1.82, 2.24) is 0 Å². The topological polar surface area (TPSA) is 38.3 Å². The summed E-state index contributed by atoms with van der Waals surface area (Å²) in [5.41, 5.74) is 2.34. The van der Waals surface area contributed by atoms with Crippen LogP contribution in [0.15, 0.2) is 59.1 Å². The minimum atomic E-state index is -0.186. The lowest BCUT2D eigenvalue weighted by Crippen LogP contribution is -2.13. The van der Waals surface area contributed by atoms with Gasteiger partial charge < -0.3 is 10.1 Å². The molecule has 0 heterocycles. The van der Waals surface area contributed by atoms with Crippen molar-refractivity contribution < 1.29 is 9.53 Å². The summed E-state index contributed by atoms with van der Waals surface area (Å²) in [6.07, 6.45) is 0. The summed E-state index contributed by atoms with van der Waals surface area (Å²) in [4.78, 5) is 12.6. The Morgan fingerprint density at radius 2 is 1.74 bits per heavy atom. The molecule has 3 aromatic rings. The van der Waals surface area contributed by atoms with Gasteiger partial charge in [-0.3, -0.25) is 4.79 Å². The molecule has 3 aromatic carbocycles. The molecule has 0 radical (unpaired) electrons. The van der Waals surface area contributed by atoms with Crippen molar-refractivity contribution in [1.29, 1.82) is 0 Å². The Morgan fingerprint density at radius 3 is 2.39 bits per heavy atom. The van der Waals surface area contributed by atoms with Crippen LogP contribution in [0.5, 0.6) is 5.75 Å². The maximum atomic E-state index is 12.6. The normalized spacial score (nSPS) is 10.6. The van der Waals surface area contributed by atoms with Gasteiger partial charge in [-0.2, -0.15) is 0 Å². The van der Waals surface area contributed by atoms with Crippen LogP contribution in [0.3, 0.4) is 0 Å². The van der Waals surface area contributed by atoms with Gasteiger partial charge in [-0.25, -0.2) is 0 Å². The summed E-state index contributed by atoms with van der Waals surface area (Å²) in [7, 11) is 1.57. The number of fused-ring (bicyclic) bond motifs is 1. The van der Waals surface area contributed by atoms with Crippen molar-refractivity contribution in [2.24, 2.45) is 0 Å². The van der Waals surface area contributed by atoms with Gasteiger partial charge in [0, 0.05) is 10.2 Å². The van der Waals surface area contributed by atoms with Gasteiger partial charge in [-0.15, -0.1) is 0 Å². The standard InChI is InChI=1S/C19H16BrNO2/c1-12-9-15(7-8-17(12)20)21-19(22)16-10-13-5-3-4-6-14(13)11-18(16)23-2/h3-11H,1-2H3,(H,21,22). The van der Waals surface area contributed by atoms with Gasteiger partial charge in [0.2, 0.25) is 0 Å². The van der Waals surface area contributed by atoms with Gasteiger partial charge in [0.05, 0.1) is 12.7 Å². The first kappa shape index (κ1) is 15.6. The molecule has 3 rings (SSSR count). The molecule has 0 spiro atoms. The fourth-order valence-corrected chi connectivity index (χ4v) is 2.73. The molecule has 0 aromatic heterocycles. The zero-order valence-corrected chi connectivity index (χ0v) is 14.5. The Kier molecular flexibility index (Phi) is 4.35. The predicted octanol–water partition coefficient (Wildman–Crippen LogP) is 5.17. The molecule has 0 atom stereocenters. The number of hydrogen-bond acceptors (Lipinski definition) is 2. The Hall–Kier alpha value is -2.33. The average Bonchev–Trinajstić information content (AvgIpc) is 2.57. The average molecular weight is 370 g/mol. The van der Waals surface area contributed by atoms with Crippen molar-refractivity contribution in [3.63, 3.8) is 0 Å². The predicted molar refractivity (Wildman–Crippen MR) is 97.3 cm³/mol. The molecule has 116 valence electrons. The van der Waals surface area contributed by atoms with E-state index in [1.54, 1.807) is 7.11 Å². The maximum absolute atomic E-state index is 12.6. The molecule has 3 nitrogen and oxygen atoms in total. The Labute approximate surface area is 143 Å². The van der Waals surface area contributed by atoms with E-state index >= 15 is 0 Å². The number of aryl methyl sites for hydroxylation is 1. The van der Waals surface area contributed by atoms with E-state index in [0.717, 1.165) is 26.5 Å². The van der Waals surface area contributed by atoms with Crippen molar-refractivity contribution in [2.75, 3.05) is 12.4 Å². The lowest BCUT2D eigenvalue weighted by molar-refractivity contribution is 0.102. The van der Waals surface area contributed by atoms with Crippen LogP contribution in [0.2, 0.25) is 0 Å². The third-order valence-electron chi connectivity index (χ3n) is 3.73. The summed E-state index contributed by atoms with van der Waals surface area (Å²) in [5, 5.41) is 4.97. The highest BCUT2D eigenvalue weighted by atomic mass is 79.9. The molecule has 0 bridgehead atoms. The number of anilines is 1. The number of methoxy groups -OCH3 is 1. The molecule has 0 fully saturated rings. The minimum absolute atomic E-state index is 0.186. The zero-order chi connectivity index (χ0) is 16.4. The lowest BCUT2D eigenvalue weighted by Gasteiger charge is -2.12. The number of carbonyl (C=O) groups excluding carboxylic acids is 1. The number of carbonyl (C=O) groups is 1. The van der Waals surface area contributed by atoms with Crippen molar-refractivity contribution in [3.05, 3.63) is 70.2 Å². The first-order valence-corrected chi connectivity index (χ1v) is 8.02. The maximum Gasteiger partial charge on any atom is 0.259 e. The molecule has 23 heavy (non-hydrogen) atoms. The van der Waals surface area contributed by atoms with Gasteiger partial charge in [0.1, 0.15) is 5.75 Å². The SMILES string of the molecule is COc1cc2ccccc2cc1C(=O)Nc1ccc(Br)c(C)c1. The Morgan fingerprint density at radius 1 is 1.04 bits per heavy atom. The third kappa shape index (κ3) is 3.22. The highest BCUT2D eigenvalue weighted by molar-refractivity contribution is 9.10. The number of hydrogen-bond donors (Lipinski definition) is 1. The molecule has 0 aliphatic carbocycles. The second-order valence-corrected chi connectivity index (χ2v) is 6.17. The van der Waals surface area contributed by atoms with E-state index in [0.29, 0.717) is 11.3 Å². The Balaban J connectivity index is 1.97. The van der Waals surface area contributed by atoms with E-state index < -0.39 is 0 Å². The molecule has 1 N–H and O–H groups in total. The molecular formula is C19H16BrNO2. The molecule has 0 unspecified atom stereocenters. The number of halogens is 1. The van der Waals surface area contributed by atoms with Crippen LogP contribution in [-0.4, -0.2) is 13.0 Å². The van der Waals surface area contributed by atoms with E-state index in [2.05, 4.69) is 21.2 Å². The first-order valence-electron chi connectivity index (χ1n) is 7.23. The van der Waals surface area contributed by atoms with Gasteiger partial charge in [-0.05, 0) is 53.6 Å². The number of ether oxygens (including phenoxy) is 1. The second kappa shape index (κ2) is 6.42. The molecule has 4 heteroatoms. The summed E-state index contributed by atoms with van der Waals surface area (Å²) < 4.78 is 6.40. The summed E-state index contributed by atoms with van der Waals surface area (Å²) in [5.74, 6) is 0.379. The largest absolute Gasteiger partial charge is 0.496 e. The van der Waals surface area contributed by atoms with Gasteiger partial charge in [0.25, 0.3) is 5.91 Å². The van der Waals surface area contributed by atoms with Crippen LogP contribution in [0.4, 0.5) is 5.69 Å². The second-order valence-electron chi connectivity index (χ2n) is 5.32. The van der Waals surface area contributed by atoms with Gasteiger partial charge in [-0.1, -0.05) is 40.2 Å². The lowest BCUT2D eigenvalue weighted by atomic mass is 10.1. The molecule has 0 saturated heterocycles. The monoisotopic (exact) mass is 369 g/mol. The number of rotatable bonds is 3. The number of amides is 1. The first-order chi connectivity index (χ1) is 11.1. The Bertz CT molecular complexity index is 890. The van der Waals surface area contributed by atoms with Crippen LogP contribution in [-0.2, 0) is 0 Å². The van der Waals surface area contributed by atoms with Crippen molar-refractivity contribution in [2.45, 2.75) is 6.92 Å². The van der Waals surface area contributed by atoms with Gasteiger partial charge in [0.15, 0.2) is 0 Å². The fourth-order valence-electron chi connectivity index (χ4n) is 2.49. The highest BCUT2D eigenvalue weighted by Gasteiger charge is 2.14. The van der Waals surface area contributed by atoms with Crippen LogP contribution in [0.25, 0.3) is 10.8 Å². The van der Waals surface area contributed by atoms with E-state index in [1.165, 1.54) is 0 Å². The highest BCUT2D eigenvalue weighted by Crippen LogP contribution is 2.27. The minimum Gasteiger partial charge on any atom is -0.496 e. The van der Waals surface area contributed by atoms with Crippen LogP contribution in [0.1, 0.15) is 15.9 Å². The summed E-state index contributed by atoms with van der Waals surface area (Å²) in [6, 6.07) is 17.3. The van der Waals surface area contributed by atoms with E-state index in [9.17, 15) is 4.79 Å². The van der Waals surface area contributed by atoms with E-state index in [1.807, 2.05) is 61.5 Å². The molecular weight excluding hydrogens is 354 g/mol.